The minimum atomic E-state index is 1.17. The Kier molecular flexibility index (Phi) is 3.19. The van der Waals surface area contributed by atoms with Crippen molar-refractivity contribution in [2.24, 2.45) is 5.73 Å². The molecule has 0 bridgehead atoms. The van der Waals surface area contributed by atoms with E-state index in [4.69, 9.17) is 5.73 Å². The summed E-state index contributed by atoms with van der Waals surface area (Å²) in [5, 5.41) is 0. The average molecular weight is 120 g/mol. The van der Waals surface area contributed by atoms with Gasteiger partial charge in [0.2, 0.25) is 0 Å². The van der Waals surface area contributed by atoms with Gasteiger partial charge in [0.25, 0.3) is 0 Å². The molecule has 2 N–H and O–H groups in total. The number of nitrogens with two attached hydrogens (primary N) is 1. The average Bonchev–Trinajstić information content (AvgIpc) is 1.35. The number of hydrogen-bond acceptors (Lipinski definition) is 1. The van der Waals surface area contributed by atoms with Crippen molar-refractivity contribution in [3.8, 4) is 0 Å². The number of allylic oxidation sites excluding steroid dienone is 1. The quantitative estimate of drug-likeness (QED) is 0.525. The van der Waals surface area contributed by atoms with E-state index >= 15 is 0 Å². The number of rotatable bonds is 1. The summed E-state index contributed by atoms with van der Waals surface area (Å²) in [5.74, 6) is 0. The van der Waals surface area contributed by atoms with E-state index in [2.05, 4.69) is 17.0 Å². The Balaban J connectivity index is 3.30. The molecule has 1 nitrogen and oxygen atoms in total. The first-order valence-electron chi connectivity index (χ1n) is 1.68. The fraction of sp³-hybridized carbons (Fsp3) is 0.250. The van der Waals surface area contributed by atoms with Gasteiger partial charge in [-0.1, -0.05) is 0 Å². The molecule has 0 aliphatic heterocycles. The first-order valence-corrected chi connectivity index (χ1v) is 2.38. The second-order valence-electron chi connectivity index (χ2n) is 1.00. The summed E-state index contributed by atoms with van der Waals surface area (Å²) >= 11 is 2.40. The van der Waals surface area contributed by atoms with Crippen molar-refractivity contribution in [2.75, 3.05) is 0 Å². The van der Waals surface area contributed by atoms with Crippen LogP contribution in [0.15, 0.2) is 12.3 Å². The molecule has 0 unspecified atom stereocenters. The van der Waals surface area contributed by atoms with Crippen LogP contribution in [0.1, 0.15) is 6.92 Å². The van der Waals surface area contributed by atoms with E-state index in [1.54, 1.807) is 0 Å². The van der Waals surface area contributed by atoms with Crippen LogP contribution in [0.5, 0.6) is 0 Å². The molecule has 0 aromatic rings. The van der Waals surface area contributed by atoms with Crippen LogP contribution in [0, 0.1) is 0 Å². The van der Waals surface area contributed by atoms with Crippen molar-refractivity contribution in [1.82, 2.24) is 0 Å². The summed E-state index contributed by atoms with van der Waals surface area (Å²) in [7, 11) is 0. The molecule has 0 saturated carbocycles. The van der Waals surface area contributed by atoms with Crippen molar-refractivity contribution in [3.63, 3.8) is 0 Å². The Morgan fingerprint density at radius 3 is 2.33 bits per heavy atom. The van der Waals surface area contributed by atoms with Crippen LogP contribution < -0.4 is 5.73 Å². The zero-order valence-electron chi connectivity index (χ0n) is 3.68. The molecule has 0 heterocycles. The van der Waals surface area contributed by atoms with Crippen molar-refractivity contribution >= 4 is 4.23 Å². The molecule has 0 aliphatic carbocycles. The summed E-state index contributed by atoms with van der Waals surface area (Å²) in [5.41, 5.74) is 5.02. The van der Waals surface area contributed by atoms with Gasteiger partial charge in [-0.25, -0.2) is 0 Å². The molecule has 0 rings (SSSR count). The molecular formula is C4H7NV. The summed E-state index contributed by atoms with van der Waals surface area (Å²) in [6.45, 7) is 1.98. The molecule has 2 heteroatoms. The number of hydrogen-bond donors (Lipinski definition) is 1. The van der Waals surface area contributed by atoms with Gasteiger partial charge in [-0.3, -0.25) is 0 Å². The first-order chi connectivity index (χ1) is 2.77. The van der Waals surface area contributed by atoms with Gasteiger partial charge in [-0.15, -0.1) is 0 Å². The molecule has 33 valence electrons. The second-order valence-corrected chi connectivity index (χ2v) is 2.10. The summed E-state index contributed by atoms with van der Waals surface area (Å²) in [6.07, 6.45) is 3.35. The van der Waals surface area contributed by atoms with E-state index in [0.29, 0.717) is 0 Å². The third kappa shape index (κ3) is 3.99. The van der Waals surface area contributed by atoms with Crippen LogP contribution in [0.2, 0.25) is 0 Å². The molecule has 0 saturated heterocycles. The zero-order valence-corrected chi connectivity index (χ0v) is 5.08. The van der Waals surface area contributed by atoms with E-state index in [0.717, 1.165) is 0 Å². The molecule has 0 aromatic heterocycles. The van der Waals surface area contributed by atoms with E-state index < -0.39 is 0 Å². The topological polar surface area (TPSA) is 26.0 Å². The third-order valence-corrected chi connectivity index (χ3v) is 0.570. The second kappa shape index (κ2) is 3.19. The molecule has 0 aliphatic rings. The molecule has 0 amide bonds. The van der Waals surface area contributed by atoms with Gasteiger partial charge in [0, 0.05) is 0 Å². The van der Waals surface area contributed by atoms with Gasteiger partial charge in [0.05, 0.1) is 0 Å². The van der Waals surface area contributed by atoms with Crippen LogP contribution in [-0.2, 0) is 17.0 Å². The molecular weight excluding hydrogens is 113 g/mol. The maximum atomic E-state index is 5.02. The molecule has 0 radical (unpaired) electrons. The van der Waals surface area contributed by atoms with Gasteiger partial charge in [-0.05, 0) is 0 Å². The Bertz CT molecular complexity index is 75.6. The first kappa shape index (κ1) is 5.99. The molecule has 0 fully saturated rings. The van der Waals surface area contributed by atoms with E-state index in [1.165, 1.54) is 10.4 Å². The SMILES string of the molecule is C[C](=[V])/C=C\N. The van der Waals surface area contributed by atoms with E-state index in [-0.39, 0.29) is 0 Å². The van der Waals surface area contributed by atoms with Gasteiger partial charge in [0.15, 0.2) is 0 Å². The monoisotopic (exact) mass is 120 g/mol. The normalized spacial score (nSPS) is 9.33. The van der Waals surface area contributed by atoms with Gasteiger partial charge in [0.1, 0.15) is 0 Å². The van der Waals surface area contributed by atoms with E-state index in [9.17, 15) is 0 Å². The summed E-state index contributed by atoms with van der Waals surface area (Å²) in [6, 6.07) is 0. The van der Waals surface area contributed by atoms with Gasteiger partial charge < -0.3 is 0 Å². The fourth-order valence-electron chi connectivity index (χ4n) is 0.139. The Hall–Kier alpha value is -0.00558. The molecule has 0 spiro atoms. The van der Waals surface area contributed by atoms with Gasteiger partial charge >= 0.3 is 46.1 Å². The molecule has 0 aromatic carbocycles. The van der Waals surface area contributed by atoms with Crippen LogP contribution >= 0.6 is 0 Å². The third-order valence-electron chi connectivity index (χ3n) is 0.337. The van der Waals surface area contributed by atoms with E-state index in [1.807, 2.05) is 13.0 Å². The van der Waals surface area contributed by atoms with Crippen molar-refractivity contribution in [3.05, 3.63) is 12.3 Å². The van der Waals surface area contributed by atoms with Crippen molar-refractivity contribution in [1.29, 1.82) is 0 Å². The van der Waals surface area contributed by atoms with Crippen molar-refractivity contribution < 1.29 is 17.0 Å². The van der Waals surface area contributed by atoms with Crippen LogP contribution in [-0.4, -0.2) is 4.23 Å². The fourth-order valence-corrected chi connectivity index (χ4v) is 0.274. The molecule has 0 atom stereocenters. The summed E-state index contributed by atoms with van der Waals surface area (Å²) in [4.78, 5) is 0. The summed E-state index contributed by atoms with van der Waals surface area (Å²) < 4.78 is 1.17. The minimum absolute atomic E-state index is 1.17. The maximum absolute atomic E-state index is 5.02. The van der Waals surface area contributed by atoms with Crippen LogP contribution in [0.4, 0.5) is 0 Å². The Labute approximate surface area is 46.7 Å². The standard InChI is InChI=1S/C4H7N.V/c1-2-3-4-5;/h3-4H,5H2,1H3;/b4-3-;. The van der Waals surface area contributed by atoms with Crippen LogP contribution in [0.3, 0.4) is 0 Å². The predicted octanol–water partition coefficient (Wildman–Crippen LogP) is 0.198. The molecule has 6 heavy (non-hydrogen) atoms. The van der Waals surface area contributed by atoms with Crippen molar-refractivity contribution in [2.45, 2.75) is 6.92 Å². The predicted molar refractivity (Wildman–Crippen MR) is 24.0 cm³/mol. The van der Waals surface area contributed by atoms with Gasteiger partial charge in [-0.2, -0.15) is 0 Å². The van der Waals surface area contributed by atoms with Crippen LogP contribution in [0.25, 0.3) is 0 Å². The zero-order chi connectivity index (χ0) is 4.99. The Morgan fingerprint density at radius 2 is 2.33 bits per heavy atom. The Morgan fingerprint density at radius 1 is 1.83 bits per heavy atom.